The Morgan fingerprint density at radius 3 is 1.05 bits per heavy atom. The Hall–Kier alpha value is -1.02. The molecule has 434 valence electrons. The van der Waals surface area contributed by atoms with E-state index in [0.717, 1.165) is 32.1 Å². The molecule has 0 aliphatic rings. The number of amides is 1. The van der Waals surface area contributed by atoms with E-state index in [0.29, 0.717) is 17.4 Å². The number of allylic oxidation sites excluding steroid dienone is 3. The maximum absolute atomic E-state index is 13.0. The normalized spacial score (nSPS) is 13.9. The number of quaternary nitrogens is 1. The molecular formula is C64H128N2O6P+. The van der Waals surface area contributed by atoms with Crippen LogP contribution in [0.4, 0.5) is 0 Å². The zero-order chi connectivity index (χ0) is 53.5. The molecule has 0 aromatic carbocycles. The number of unbranched alkanes of at least 4 members (excludes halogenated alkanes) is 45. The molecule has 0 saturated heterocycles. The molecule has 9 heteroatoms. The highest BCUT2D eigenvalue weighted by atomic mass is 31.2. The summed E-state index contributed by atoms with van der Waals surface area (Å²) in [6, 6.07) is -0.847. The van der Waals surface area contributed by atoms with Gasteiger partial charge in [-0.2, -0.15) is 0 Å². The van der Waals surface area contributed by atoms with Gasteiger partial charge in [0.25, 0.3) is 0 Å². The molecule has 8 nitrogen and oxygen atoms in total. The summed E-state index contributed by atoms with van der Waals surface area (Å²) >= 11 is 0. The summed E-state index contributed by atoms with van der Waals surface area (Å²) in [7, 11) is 1.59. The topological polar surface area (TPSA) is 105 Å². The molecule has 3 N–H and O–H groups in total. The van der Waals surface area contributed by atoms with Crippen LogP contribution in [0.5, 0.6) is 0 Å². The molecule has 3 atom stereocenters. The number of rotatable bonds is 60. The van der Waals surface area contributed by atoms with Crippen molar-refractivity contribution in [3.05, 3.63) is 24.3 Å². The first-order chi connectivity index (χ1) is 35.5. The molecule has 0 rings (SSSR count). The Morgan fingerprint density at radius 2 is 0.740 bits per heavy atom. The van der Waals surface area contributed by atoms with Gasteiger partial charge in [0.2, 0.25) is 5.91 Å². The molecule has 73 heavy (non-hydrogen) atoms. The first-order valence-electron chi connectivity index (χ1n) is 32.2. The van der Waals surface area contributed by atoms with E-state index >= 15 is 0 Å². The van der Waals surface area contributed by atoms with Gasteiger partial charge in [-0.05, 0) is 44.9 Å². The molecule has 1 amide bonds. The zero-order valence-corrected chi connectivity index (χ0v) is 50.5. The Balaban J connectivity index is 4.12. The average Bonchev–Trinajstić information content (AvgIpc) is 3.35. The Bertz CT molecular complexity index is 1240. The van der Waals surface area contributed by atoms with E-state index in [9.17, 15) is 19.4 Å². The van der Waals surface area contributed by atoms with Crippen molar-refractivity contribution in [2.45, 2.75) is 341 Å². The lowest BCUT2D eigenvalue weighted by atomic mass is 10.0. The predicted molar refractivity (Wildman–Crippen MR) is 318 cm³/mol. The molecule has 0 radical (unpaired) electrons. The summed E-state index contributed by atoms with van der Waals surface area (Å²) < 4.78 is 23.8. The first kappa shape index (κ1) is 72.0. The number of carbonyl (C=O) groups excluding carboxylic acids is 1. The van der Waals surface area contributed by atoms with E-state index < -0.39 is 20.0 Å². The van der Waals surface area contributed by atoms with Gasteiger partial charge in [-0.1, -0.05) is 301 Å². The zero-order valence-electron chi connectivity index (χ0n) is 49.7. The summed E-state index contributed by atoms with van der Waals surface area (Å²) in [5, 5.41) is 14.0. The number of nitrogens with zero attached hydrogens (tertiary/aromatic N) is 1. The van der Waals surface area contributed by atoms with E-state index in [2.05, 4.69) is 31.3 Å². The van der Waals surface area contributed by atoms with Crippen molar-refractivity contribution >= 4 is 13.7 Å². The van der Waals surface area contributed by atoms with E-state index in [1.807, 2.05) is 27.2 Å². The number of hydrogen-bond donors (Lipinski definition) is 3. The monoisotopic (exact) mass is 1050 g/mol. The van der Waals surface area contributed by atoms with Crippen LogP contribution in [0.25, 0.3) is 0 Å². The van der Waals surface area contributed by atoms with Gasteiger partial charge in [0.1, 0.15) is 13.2 Å². The van der Waals surface area contributed by atoms with Crippen LogP contribution in [-0.4, -0.2) is 73.4 Å². The van der Waals surface area contributed by atoms with Crippen LogP contribution in [0.1, 0.15) is 328 Å². The van der Waals surface area contributed by atoms with E-state index in [1.165, 1.54) is 276 Å². The predicted octanol–water partition coefficient (Wildman–Crippen LogP) is 19.9. The quantitative estimate of drug-likeness (QED) is 0.0243. The van der Waals surface area contributed by atoms with Gasteiger partial charge < -0.3 is 19.8 Å². The second-order valence-electron chi connectivity index (χ2n) is 23.5. The number of nitrogens with one attached hydrogen (secondary N) is 1. The van der Waals surface area contributed by atoms with E-state index in [4.69, 9.17) is 9.05 Å². The van der Waals surface area contributed by atoms with Gasteiger partial charge in [0, 0.05) is 6.42 Å². The van der Waals surface area contributed by atoms with E-state index in [1.54, 1.807) is 6.08 Å². The van der Waals surface area contributed by atoms with Crippen molar-refractivity contribution in [3.63, 3.8) is 0 Å². The lowest BCUT2D eigenvalue weighted by Gasteiger charge is -2.25. The van der Waals surface area contributed by atoms with Gasteiger partial charge in [-0.3, -0.25) is 13.8 Å². The molecule has 3 unspecified atom stereocenters. The minimum absolute atomic E-state index is 0.0632. The largest absolute Gasteiger partial charge is 0.472 e. The summed E-state index contributed by atoms with van der Waals surface area (Å²) in [6.07, 6.45) is 71.6. The molecule has 0 spiro atoms. The average molecular weight is 1050 g/mol. The summed E-state index contributed by atoms with van der Waals surface area (Å²) in [4.78, 5) is 23.4. The maximum Gasteiger partial charge on any atom is 0.472 e. The number of likely N-dealkylation sites (N-methyl/N-ethyl adjacent to an activating group) is 1. The number of aliphatic hydroxyl groups is 1. The summed E-state index contributed by atoms with van der Waals surface area (Å²) in [5.41, 5.74) is 0. The second-order valence-corrected chi connectivity index (χ2v) is 24.9. The van der Waals surface area contributed by atoms with Crippen molar-refractivity contribution in [1.29, 1.82) is 0 Å². The fourth-order valence-corrected chi connectivity index (χ4v) is 10.6. The molecule has 0 aliphatic carbocycles. The third-order valence-corrected chi connectivity index (χ3v) is 15.9. The Kier molecular flexibility index (Phi) is 54.9. The van der Waals surface area contributed by atoms with Crippen molar-refractivity contribution in [1.82, 2.24) is 5.32 Å². The number of phosphoric ester groups is 1. The van der Waals surface area contributed by atoms with Gasteiger partial charge in [0.05, 0.1) is 39.9 Å². The molecule has 0 aromatic rings. The third kappa shape index (κ3) is 58.5. The van der Waals surface area contributed by atoms with Crippen molar-refractivity contribution in [3.8, 4) is 0 Å². The number of phosphoric acid groups is 1. The van der Waals surface area contributed by atoms with Crippen molar-refractivity contribution in [2.75, 3.05) is 40.9 Å². The Morgan fingerprint density at radius 1 is 0.452 bits per heavy atom. The van der Waals surface area contributed by atoms with Crippen LogP contribution in [0, 0.1) is 0 Å². The number of aliphatic hydroxyl groups excluding tert-OH is 1. The summed E-state index contributed by atoms with van der Waals surface area (Å²) in [5.74, 6) is -0.172. The van der Waals surface area contributed by atoms with Crippen LogP contribution in [0.15, 0.2) is 24.3 Å². The smallest absolute Gasteiger partial charge is 0.387 e. The molecule has 0 heterocycles. The van der Waals surface area contributed by atoms with Crippen molar-refractivity contribution in [2.24, 2.45) is 0 Å². The molecule has 0 saturated carbocycles. The van der Waals surface area contributed by atoms with Gasteiger partial charge in [0.15, 0.2) is 0 Å². The molecule has 0 fully saturated rings. The molecular weight excluding hydrogens is 924 g/mol. The standard InChI is InChI=1S/C64H127N2O6P/c1-6-8-10-12-14-16-18-20-22-24-26-28-30-32-34-36-38-40-42-44-46-48-50-52-54-56-58-64(68)65-62(61-72-73(69,70)71-60-59-66(3,4)5)63(67)57-55-53-51-49-47-45-43-41-39-37-35-33-31-29-27-25-23-21-19-17-15-13-11-9-7-2/h32,34,55,57,62-63,67H,6-31,33,35-54,56,58-61H2,1-5H3,(H-,65,68,69,70)/p+1/b34-32-,57-55+. The first-order valence-corrected chi connectivity index (χ1v) is 33.7. The second kappa shape index (κ2) is 55.7. The van der Waals surface area contributed by atoms with Crippen LogP contribution < -0.4 is 5.32 Å². The highest BCUT2D eigenvalue weighted by Gasteiger charge is 2.28. The minimum atomic E-state index is -4.35. The van der Waals surface area contributed by atoms with Gasteiger partial charge in [-0.15, -0.1) is 0 Å². The lowest BCUT2D eigenvalue weighted by Crippen LogP contribution is -2.45. The van der Waals surface area contributed by atoms with E-state index in [-0.39, 0.29) is 19.1 Å². The maximum atomic E-state index is 13.0. The lowest BCUT2D eigenvalue weighted by molar-refractivity contribution is -0.870. The molecule has 0 aromatic heterocycles. The molecule has 0 aliphatic heterocycles. The SMILES string of the molecule is CCCCCCCCCCCCCC/C=C\CCCCCCCCCCCCC(=O)NC(COP(=O)(O)OCC[N+](C)(C)C)C(O)/C=C/CCCCCCCCCCCCCCCCCCCCCCCCC. The van der Waals surface area contributed by atoms with Crippen molar-refractivity contribution < 1.29 is 32.9 Å². The molecule has 0 bridgehead atoms. The van der Waals surface area contributed by atoms with Crippen LogP contribution >= 0.6 is 7.82 Å². The minimum Gasteiger partial charge on any atom is -0.387 e. The van der Waals surface area contributed by atoms with Crippen LogP contribution in [-0.2, 0) is 18.4 Å². The number of carbonyl (C=O) groups is 1. The van der Waals surface area contributed by atoms with Gasteiger partial charge >= 0.3 is 7.82 Å². The third-order valence-electron chi connectivity index (χ3n) is 14.9. The van der Waals surface area contributed by atoms with Crippen LogP contribution in [0.3, 0.4) is 0 Å². The highest BCUT2D eigenvalue weighted by Crippen LogP contribution is 2.43. The summed E-state index contributed by atoms with van der Waals surface area (Å²) in [6.45, 7) is 4.87. The number of hydrogen-bond acceptors (Lipinski definition) is 5. The Labute approximate surface area is 455 Å². The van der Waals surface area contributed by atoms with Crippen LogP contribution in [0.2, 0.25) is 0 Å². The fourth-order valence-electron chi connectivity index (χ4n) is 9.86. The fraction of sp³-hybridized carbons (Fsp3) is 0.922. The van der Waals surface area contributed by atoms with Gasteiger partial charge in [-0.25, -0.2) is 4.57 Å². The highest BCUT2D eigenvalue weighted by molar-refractivity contribution is 7.47.